The lowest BCUT2D eigenvalue weighted by atomic mass is 9.90. The summed E-state index contributed by atoms with van der Waals surface area (Å²) in [5.74, 6) is -0.0272. The minimum Gasteiger partial charge on any atom is -0.464 e. The van der Waals surface area contributed by atoms with Crippen molar-refractivity contribution in [2.45, 2.75) is 31.8 Å². The van der Waals surface area contributed by atoms with Gasteiger partial charge in [-0.25, -0.2) is 4.79 Å². The first-order valence-corrected chi connectivity index (χ1v) is 10.7. The number of carbonyl (C=O) groups excluding carboxylic acids is 1. The Hall–Kier alpha value is -1.73. The number of esters is 1. The summed E-state index contributed by atoms with van der Waals surface area (Å²) in [6, 6.07) is 13.5. The lowest BCUT2D eigenvalue weighted by Crippen LogP contribution is -2.53. The molecule has 1 saturated heterocycles. The van der Waals surface area contributed by atoms with Gasteiger partial charge in [-0.05, 0) is 63.5 Å². The van der Waals surface area contributed by atoms with Crippen molar-refractivity contribution in [2.24, 2.45) is 5.92 Å². The number of likely N-dealkylation sites (tertiary alicyclic amines) is 1. The number of nitrogens with one attached hydrogen (secondary N) is 1. The first-order chi connectivity index (χ1) is 13.5. The number of rotatable bonds is 8. The fourth-order valence-corrected chi connectivity index (χ4v) is 4.42. The van der Waals surface area contributed by atoms with Crippen LogP contribution in [0.3, 0.4) is 0 Å². The molecule has 2 N–H and O–H groups in total. The van der Waals surface area contributed by atoms with Crippen molar-refractivity contribution in [3.05, 3.63) is 57.8 Å². The third-order valence-corrected chi connectivity index (χ3v) is 6.50. The van der Waals surface area contributed by atoms with Gasteiger partial charge in [0.2, 0.25) is 0 Å². The Labute approximate surface area is 171 Å². The Kier molecular flexibility index (Phi) is 7.24. The number of aliphatic hydroxyl groups excluding tert-OH is 1. The number of nitrogens with zero attached hydrogens (tertiary/aromatic N) is 1. The summed E-state index contributed by atoms with van der Waals surface area (Å²) >= 11 is 1.68. The van der Waals surface area contributed by atoms with E-state index in [1.807, 2.05) is 36.4 Å². The van der Waals surface area contributed by atoms with Crippen LogP contribution in [0.2, 0.25) is 0 Å². The highest BCUT2D eigenvalue weighted by Crippen LogP contribution is 2.26. The zero-order chi connectivity index (χ0) is 20.0. The van der Waals surface area contributed by atoms with Crippen LogP contribution in [0.4, 0.5) is 0 Å². The molecule has 2 aromatic rings. The Balaban J connectivity index is 1.73. The number of benzene rings is 1. The number of piperidine rings is 1. The standard InChI is InChI=1S/C22H30N2O3S/c1-17-8-9-20(28-17)14-23-22(16-25,19-6-4-3-5-7-19)21(26)27-15-18-10-12-24(2)13-11-18/h3-9,18,23,25H,10-16H2,1-2H3. The molecule has 2 heterocycles. The SMILES string of the molecule is Cc1ccc(CNC(CO)(C(=O)OCC2CCN(C)CC2)c2ccccc2)s1. The zero-order valence-electron chi connectivity index (χ0n) is 16.7. The van der Waals surface area contributed by atoms with E-state index in [-0.39, 0.29) is 6.61 Å². The van der Waals surface area contributed by atoms with Gasteiger partial charge >= 0.3 is 5.97 Å². The minimum atomic E-state index is -1.26. The van der Waals surface area contributed by atoms with Gasteiger partial charge in [0, 0.05) is 16.3 Å². The molecule has 1 aliphatic heterocycles. The van der Waals surface area contributed by atoms with Gasteiger partial charge in [-0.1, -0.05) is 30.3 Å². The Morgan fingerprint density at radius 1 is 1.25 bits per heavy atom. The van der Waals surface area contributed by atoms with Crippen LogP contribution in [0, 0.1) is 12.8 Å². The van der Waals surface area contributed by atoms with Gasteiger partial charge in [-0.3, -0.25) is 5.32 Å². The molecule has 1 aromatic carbocycles. The van der Waals surface area contributed by atoms with E-state index < -0.39 is 11.5 Å². The molecule has 1 atom stereocenters. The predicted octanol–water partition coefficient (Wildman–Crippen LogP) is 2.92. The number of ether oxygens (including phenoxy) is 1. The molecule has 28 heavy (non-hydrogen) atoms. The van der Waals surface area contributed by atoms with E-state index in [1.165, 1.54) is 4.88 Å². The third-order valence-electron chi connectivity index (χ3n) is 5.50. The van der Waals surface area contributed by atoms with E-state index in [0.29, 0.717) is 19.1 Å². The van der Waals surface area contributed by atoms with Crippen LogP contribution < -0.4 is 5.32 Å². The molecule has 0 spiro atoms. The molecule has 152 valence electrons. The van der Waals surface area contributed by atoms with Gasteiger partial charge in [0.15, 0.2) is 5.54 Å². The lowest BCUT2D eigenvalue weighted by Gasteiger charge is -2.33. The maximum Gasteiger partial charge on any atom is 0.333 e. The fourth-order valence-electron chi connectivity index (χ4n) is 3.59. The number of carbonyl (C=O) groups is 1. The van der Waals surface area contributed by atoms with E-state index in [9.17, 15) is 9.90 Å². The van der Waals surface area contributed by atoms with Gasteiger partial charge in [0.25, 0.3) is 0 Å². The molecule has 1 aliphatic rings. The van der Waals surface area contributed by atoms with Gasteiger partial charge in [-0.2, -0.15) is 0 Å². The molecule has 5 nitrogen and oxygen atoms in total. The number of aliphatic hydroxyl groups is 1. The number of hydrogen-bond acceptors (Lipinski definition) is 6. The van der Waals surface area contributed by atoms with E-state index in [2.05, 4.69) is 30.3 Å². The summed E-state index contributed by atoms with van der Waals surface area (Å²) in [5.41, 5.74) is -0.538. The molecule has 1 aromatic heterocycles. The Morgan fingerprint density at radius 2 is 1.96 bits per heavy atom. The predicted molar refractivity (Wildman–Crippen MR) is 112 cm³/mol. The second-order valence-electron chi connectivity index (χ2n) is 7.64. The number of thiophene rings is 1. The molecule has 0 amide bonds. The molecule has 0 bridgehead atoms. The van der Waals surface area contributed by atoms with Crippen molar-refractivity contribution in [2.75, 3.05) is 33.4 Å². The largest absolute Gasteiger partial charge is 0.464 e. The quantitative estimate of drug-likeness (QED) is 0.665. The smallest absolute Gasteiger partial charge is 0.333 e. The highest BCUT2D eigenvalue weighted by Gasteiger charge is 2.41. The third kappa shape index (κ3) is 5.00. The molecule has 1 unspecified atom stereocenters. The van der Waals surface area contributed by atoms with Gasteiger partial charge in [-0.15, -0.1) is 11.3 Å². The lowest BCUT2D eigenvalue weighted by molar-refractivity contribution is -0.156. The van der Waals surface area contributed by atoms with E-state index in [4.69, 9.17) is 4.74 Å². The van der Waals surface area contributed by atoms with Crippen LogP contribution >= 0.6 is 11.3 Å². The monoisotopic (exact) mass is 402 g/mol. The molecule has 1 fully saturated rings. The van der Waals surface area contributed by atoms with Crippen LogP contribution in [-0.2, 0) is 21.6 Å². The molecular formula is C22H30N2O3S. The molecule has 0 saturated carbocycles. The summed E-state index contributed by atoms with van der Waals surface area (Å²) in [7, 11) is 2.12. The van der Waals surface area contributed by atoms with Crippen LogP contribution in [0.5, 0.6) is 0 Å². The van der Waals surface area contributed by atoms with E-state index in [0.717, 1.165) is 36.4 Å². The average molecular weight is 403 g/mol. The first kappa shape index (κ1) is 21.0. The Morgan fingerprint density at radius 3 is 2.57 bits per heavy atom. The van der Waals surface area contributed by atoms with Gasteiger partial charge in [0.1, 0.15) is 0 Å². The summed E-state index contributed by atoms with van der Waals surface area (Å²) < 4.78 is 5.74. The van der Waals surface area contributed by atoms with Crippen molar-refractivity contribution in [1.29, 1.82) is 0 Å². The second-order valence-corrected chi connectivity index (χ2v) is 9.01. The summed E-state index contributed by atoms with van der Waals surface area (Å²) in [6.07, 6.45) is 2.06. The van der Waals surface area contributed by atoms with Gasteiger partial charge < -0.3 is 14.7 Å². The second kappa shape index (κ2) is 9.65. The van der Waals surface area contributed by atoms with E-state index >= 15 is 0 Å². The van der Waals surface area contributed by atoms with Gasteiger partial charge in [0.05, 0.1) is 13.2 Å². The average Bonchev–Trinajstić information content (AvgIpc) is 3.14. The molecule has 3 rings (SSSR count). The van der Waals surface area contributed by atoms with Crippen LogP contribution in [-0.4, -0.2) is 49.3 Å². The first-order valence-electron chi connectivity index (χ1n) is 9.86. The summed E-state index contributed by atoms with van der Waals surface area (Å²) in [6.45, 7) is 4.66. The van der Waals surface area contributed by atoms with Crippen molar-refractivity contribution >= 4 is 17.3 Å². The van der Waals surface area contributed by atoms with Crippen molar-refractivity contribution in [3.8, 4) is 0 Å². The van der Waals surface area contributed by atoms with E-state index in [1.54, 1.807) is 11.3 Å². The molecule has 0 aliphatic carbocycles. The van der Waals surface area contributed by atoms with Crippen LogP contribution in [0.15, 0.2) is 42.5 Å². The fraction of sp³-hybridized carbons (Fsp3) is 0.500. The topological polar surface area (TPSA) is 61.8 Å². The zero-order valence-corrected chi connectivity index (χ0v) is 17.5. The van der Waals surface area contributed by atoms with Crippen LogP contribution in [0.25, 0.3) is 0 Å². The minimum absolute atomic E-state index is 0.354. The van der Waals surface area contributed by atoms with Crippen molar-refractivity contribution in [1.82, 2.24) is 10.2 Å². The molecule has 0 radical (unpaired) electrons. The van der Waals surface area contributed by atoms with Crippen LogP contribution in [0.1, 0.15) is 28.2 Å². The number of aryl methyl sites for hydroxylation is 1. The maximum absolute atomic E-state index is 13.2. The summed E-state index contributed by atoms with van der Waals surface area (Å²) in [4.78, 5) is 17.8. The highest BCUT2D eigenvalue weighted by atomic mass is 32.1. The van der Waals surface area contributed by atoms with Crippen molar-refractivity contribution in [3.63, 3.8) is 0 Å². The summed E-state index contributed by atoms with van der Waals surface area (Å²) in [5, 5.41) is 13.6. The highest BCUT2D eigenvalue weighted by molar-refractivity contribution is 7.11. The maximum atomic E-state index is 13.2. The molecular weight excluding hydrogens is 372 g/mol. The molecule has 6 heteroatoms. The number of hydrogen-bond donors (Lipinski definition) is 2. The normalized spacial score (nSPS) is 18.0. The Bertz CT molecular complexity index is 756. The van der Waals surface area contributed by atoms with Crippen molar-refractivity contribution < 1.29 is 14.6 Å².